The quantitative estimate of drug-likeness (QED) is 0.0305. The van der Waals surface area contributed by atoms with Crippen molar-refractivity contribution in [2.75, 3.05) is 19.8 Å². The van der Waals surface area contributed by atoms with Crippen molar-refractivity contribution in [3.8, 4) is 0 Å². The zero-order valence-electron chi connectivity index (χ0n) is 43.0. The summed E-state index contributed by atoms with van der Waals surface area (Å²) in [6.07, 6.45) is -2.86. The minimum atomic E-state index is -1.87. The van der Waals surface area contributed by atoms with Crippen LogP contribution in [-0.2, 0) is 68.7 Å². The molecular formula is C46H73N13O17. The zero-order valence-corrected chi connectivity index (χ0v) is 43.0. The molecule has 30 heteroatoms. The highest BCUT2D eigenvalue weighted by atomic mass is 16.4. The Hall–Kier alpha value is -7.83. The van der Waals surface area contributed by atoms with Crippen LogP contribution in [0.15, 0.2) is 30.3 Å². The summed E-state index contributed by atoms with van der Waals surface area (Å²) in [4.78, 5) is 169. The Morgan fingerprint density at radius 3 is 1.14 bits per heavy atom. The van der Waals surface area contributed by atoms with Crippen molar-refractivity contribution in [3.63, 3.8) is 0 Å². The second-order valence-electron chi connectivity index (χ2n) is 18.6. The van der Waals surface area contributed by atoms with E-state index in [1.165, 1.54) is 41.5 Å². The average Bonchev–Trinajstić information content (AvgIpc) is 3.34. The third-order valence-electron chi connectivity index (χ3n) is 11.2. The summed E-state index contributed by atoms with van der Waals surface area (Å²) in [7, 11) is 0. The Balaban J connectivity index is 3.42. The predicted molar refractivity (Wildman–Crippen MR) is 265 cm³/mol. The van der Waals surface area contributed by atoms with Crippen molar-refractivity contribution >= 4 is 76.9 Å². The van der Waals surface area contributed by atoms with Gasteiger partial charge in [0, 0.05) is 12.8 Å². The first-order valence-electron chi connectivity index (χ1n) is 23.9. The molecule has 1 aromatic rings. The fraction of sp³-hybridized carbons (Fsp3) is 0.587. The average molecular weight is 1080 g/mol. The lowest BCUT2D eigenvalue weighted by molar-refractivity contribution is -0.144. The SMILES string of the molecule is CC(C)[C@H](NC(=O)[C@H](Cc1ccccc1)NC(=O)[C@H](CC(N)=O)NC(=O)[C@@H](NC(=O)[C@H](CO)NC(=O)[C@H](CCC(N)=O)NC(=O)[C@@H](NC(=O)[C@H](CO)NC(=O)[C@@H](N)CO)C(C)C)C(C)C)C(=O)N[C@@H](CC(N)=O)C(=O)O. The van der Waals surface area contributed by atoms with Crippen molar-refractivity contribution in [1.82, 2.24) is 47.9 Å². The Kier molecular flexibility index (Phi) is 28.3. The highest BCUT2D eigenvalue weighted by Crippen LogP contribution is 2.11. The number of nitrogens with one attached hydrogen (secondary N) is 9. The standard InChI is InChI=1S/C46H73N13O17/c1-20(2)34(58-41(70)29(18-61)55-37(66)24(47)17-60)43(72)51-25(12-13-31(48)63)38(67)56-30(19-62)42(71)59-35(21(3)4)44(73)53-27(15-32(49)64)39(68)52-26(14-23-10-8-7-9-11-23)40(69)57-36(22(5)6)45(74)54-28(46(75)76)16-33(50)65/h7-11,20-22,24-30,34-36,60-62H,12-19,47H2,1-6H3,(H2,48,63)(H2,49,64)(H2,50,65)(H,51,72)(H,52,68)(H,53,73)(H,54,74)(H,55,66)(H,56,67)(H,57,69)(H,58,70)(H,59,71)(H,75,76)/t24-,25-,26-,27-,28-,29-,30-,34-,35-,36-/m0/s1. The molecule has 0 saturated heterocycles. The van der Waals surface area contributed by atoms with Gasteiger partial charge in [-0.05, 0) is 29.7 Å². The zero-order chi connectivity index (χ0) is 58.1. The summed E-state index contributed by atoms with van der Waals surface area (Å²) >= 11 is 0. The number of hydrogen-bond acceptors (Lipinski definition) is 17. The normalized spacial score (nSPS) is 15.1. The molecule has 76 heavy (non-hydrogen) atoms. The van der Waals surface area contributed by atoms with E-state index in [4.69, 9.17) is 28.0 Å². The maximum Gasteiger partial charge on any atom is 0.326 e. The molecule has 0 saturated carbocycles. The smallest absolute Gasteiger partial charge is 0.326 e. The number of hydrogen-bond donors (Lipinski definition) is 17. The Labute approximate surface area is 437 Å². The van der Waals surface area contributed by atoms with Gasteiger partial charge in [-0.1, -0.05) is 71.9 Å². The van der Waals surface area contributed by atoms with E-state index < -0.39 is 201 Å². The number of aliphatic carboxylic acids is 1. The molecule has 0 bridgehead atoms. The lowest BCUT2D eigenvalue weighted by atomic mass is 9.99. The van der Waals surface area contributed by atoms with E-state index >= 15 is 0 Å². The molecule has 0 spiro atoms. The van der Waals surface area contributed by atoms with E-state index in [-0.39, 0.29) is 6.42 Å². The van der Waals surface area contributed by atoms with Crippen LogP contribution in [-0.4, -0.2) is 178 Å². The van der Waals surface area contributed by atoms with Gasteiger partial charge < -0.3 is 91.2 Å². The van der Waals surface area contributed by atoms with Crippen LogP contribution < -0.4 is 70.8 Å². The summed E-state index contributed by atoms with van der Waals surface area (Å²) in [6.45, 7) is 6.04. The van der Waals surface area contributed by atoms with Gasteiger partial charge >= 0.3 is 5.97 Å². The Bertz CT molecular complexity index is 2230. The Morgan fingerprint density at radius 2 is 0.763 bits per heavy atom. The number of rotatable bonds is 34. The van der Waals surface area contributed by atoms with E-state index in [0.29, 0.717) is 5.56 Å². The molecule has 0 heterocycles. The number of primary amides is 3. The number of carbonyl (C=O) groups excluding carboxylic acids is 12. The third kappa shape index (κ3) is 22.7. The van der Waals surface area contributed by atoms with Gasteiger partial charge in [0.15, 0.2) is 0 Å². The van der Waals surface area contributed by atoms with Crippen LogP contribution in [0.25, 0.3) is 0 Å². The predicted octanol–water partition coefficient (Wildman–Crippen LogP) is -8.03. The minimum absolute atomic E-state index is 0.239. The summed E-state index contributed by atoms with van der Waals surface area (Å²) in [5, 5.41) is 59.4. The maximum absolute atomic E-state index is 14.0. The Morgan fingerprint density at radius 1 is 0.421 bits per heavy atom. The molecule has 1 rings (SSSR count). The van der Waals surface area contributed by atoms with Crippen LogP contribution in [0.1, 0.15) is 72.8 Å². The molecule has 0 aromatic heterocycles. The van der Waals surface area contributed by atoms with Gasteiger partial charge in [-0.3, -0.25) is 57.5 Å². The molecular weight excluding hydrogens is 1010 g/mol. The molecule has 0 unspecified atom stereocenters. The van der Waals surface area contributed by atoms with Gasteiger partial charge in [-0.25, -0.2) is 4.79 Å². The number of benzene rings is 1. The number of carboxylic acid groups (broad SMARTS) is 1. The largest absolute Gasteiger partial charge is 0.480 e. The van der Waals surface area contributed by atoms with E-state index in [2.05, 4.69) is 47.9 Å². The molecule has 30 nitrogen and oxygen atoms in total. The molecule has 0 aliphatic heterocycles. The lowest BCUT2D eigenvalue weighted by Gasteiger charge is -2.29. The number of carboxylic acids is 1. The fourth-order valence-electron chi connectivity index (χ4n) is 6.87. The summed E-state index contributed by atoms with van der Waals surface area (Å²) in [5.74, 6) is -16.6. The molecule has 0 fully saturated rings. The van der Waals surface area contributed by atoms with E-state index in [9.17, 15) is 77.6 Å². The van der Waals surface area contributed by atoms with Crippen molar-refractivity contribution in [2.45, 2.75) is 134 Å². The first kappa shape index (κ1) is 66.2. The van der Waals surface area contributed by atoms with Gasteiger partial charge in [-0.15, -0.1) is 0 Å². The summed E-state index contributed by atoms with van der Waals surface area (Å²) in [6, 6.07) is -8.12. The fourth-order valence-corrected chi connectivity index (χ4v) is 6.87. The van der Waals surface area contributed by atoms with E-state index in [1.54, 1.807) is 30.3 Å². The van der Waals surface area contributed by atoms with Crippen LogP contribution in [0, 0.1) is 17.8 Å². The number of nitrogens with two attached hydrogens (primary N) is 4. The number of amides is 12. The highest BCUT2D eigenvalue weighted by Gasteiger charge is 2.37. The first-order valence-corrected chi connectivity index (χ1v) is 23.9. The summed E-state index contributed by atoms with van der Waals surface area (Å²) < 4.78 is 0. The van der Waals surface area contributed by atoms with Gasteiger partial charge in [0.2, 0.25) is 70.9 Å². The molecule has 10 atom stereocenters. The van der Waals surface area contributed by atoms with Crippen molar-refractivity contribution in [2.24, 2.45) is 40.7 Å². The molecule has 1 aromatic carbocycles. The van der Waals surface area contributed by atoms with E-state index in [1.807, 2.05) is 0 Å². The van der Waals surface area contributed by atoms with Crippen LogP contribution in [0.3, 0.4) is 0 Å². The molecule has 21 N–H and O–H groups in total. The second-order valence-corrected chi connectivity index (χ2v) is 18.6. The van der Waals surface area contributed by atoms with Crippen LogP contribution >= 0.6 is 0 Å². The van der Waals surface area contributed by atoms with Crippen molar-refractivity contribution < 1.29 is 82.8 Å². The van der Waals surface area contributed by atoms with Crippen molar-refractivity contribution in [1.29, 1.82) is 0 Å². The van der Waals surface area contributed by atoms with Crippen LogP contribution in [0.5, 0.6) is 0 Å². The monoisotopic (exact) mass is 1080 g/mol. The van der Waals surface area contributed by atoms with E-state index in [0.717, 1.165) is 0 Å². The maximum atomic E-state index is 14.0. The topological polar surface area (TPSA) is 515 Å². The number of aliphatic hydroxyl groups is 3. The van der Waals surface area contributed by atoms with Crippen LogP contribution in [0.2, 0.25) is 0 Å². The molecule has 0 radical (unpaired) electrons. The third-order valence-corrected chi connectivity index (χ3v) is 11.2. The van der Waals surface area contributed by atoms with Gasteiger partial charge in [-0.2, -0.15) is 0 Å². The number of aliphatic hydroxyl groups excluding tert-OH is 3. The molecule has 12 amide bonds. The van der Waals surface area contributed by atoms with Gasteiger partial charge in [0.05, 0.1) is 32.7 Å². The molecule has 424 valence electrons. The lowest BCUT2D eigenvalue weighted by Crippen LogP contribution is -2.62. The highest BCUT2D eigenvalue weighted by molar-refractivity contribution is 6.00. The molecule has 0 aliphatic carbocycles. The summed E-state index contributed by atoms with van der Waals surface area (Å²) in [5.41, 5.74) is 21.8. The van der Waals surface area contributed by atoms with Gasteiger partial charge in [0.25, 0.3) is 0 Å². The first-order chi connectivity index (χ1) is 35.5. The second kappa shape index (κ2) is 32.5. The number of carbonyl (C=O) groups is 13. The van der Waals surface area contributed by atoms with Gasteiger partial charge in [0.1, 0.15) is 60.4 Å². The molecule has 0 aliphatic rings. The van der Waals surface area contributed by atoms with Crippen LogP contribution in [0.4, 0.5) is 0 Å². The van der Waals surface area contributed by atoms with Crippen molar-refractivity contribution in [3.05, 3.63) is 35.9 Å². The minimum Gasteiger partial charge on any atom is -0.480 e.